The molecule has 0 saturated heterocycles. The molecule has 0 saturated carbocycles. The summed E-state index contributed by atoms with van der Waals surface area (Å²) in [7, 11) is 0. The normalized spacial score (nSPS) is 11.9. The molecule has 13 nitrogen and oxygen atoms in total. The lowest BCUT2D eigenvalue weighted by Crippen LogP contribution is -2.43. The highest BCUT2D eigenvalue weighted by Gasteiger charge is 2.30. The van der Waals surface area contributed by atoms with E-state index in [0.29, 0.717) is 0 Å². The van der Waals surface area contributed by atoms with Crippen molar-refractivity contribution in [3.8, 4) is 0 Å². The number of ether oxygens (including phenoxy) is 5. The van der Waals surface area contributed by atoms with Crippen LogP contribution >= 0.6 is 0 Å². The molecule has 0 unspecified atom stereocenters. The minimum Gasteiger partial charge on any atom is -0.459 e. The quantitative estimate of drug-likeness (QED) is 0.180. The van der Waals surface area contributed by atoms with Gasteiger partial charge in [0.05, 0.1) is 11.4 Å². The molecule has 0 atom stereocenters. The van der Waals surface area contributed by atoms with Gasteiger partial charge in [-0.3, -0.25) is 24.5 Å². The maximum Gasteiger partial charge on any atom is 0.411 e. The molecule has 2 aromatic carbocycles. The SMILES string of the molecule is CC(C)(C)OC(=O)CN(CC(=O)OC(C)(C)C)c1ccc(NC(=O)OCc2ccccc2)cc1N(CC(=O)OC(C)(C)C)CC(=O)OC(C)(C)C. The van der Waals surface area contributed by atoms with Gasteiger partial charge < -0.3 is 33.5 Å². The first-order valence-corrected chi connectivity index (χ1v) is 16.8. The van der Waals surface area contributed by atoms with Crippen LogP contribution in [0.2, 0.25) is 0 Å². The molecule has 1 N–H and O–H groups in total. The second-order valence-electron chi connectivity index (χ2n) is 15.9. The summed E-state index contributed by atoms with van der Waals surface area (Å²) in [6, 6.07) is 13.7. The van der Waals surface area contributed by atoms with Crippen molar-refractivity contribution >= 4 is 47.0 Å². The highest BCUT2D eigenvalue weighted by molar-refractivity contribution is 5.92. The predicted molar refractivity (Wildman–Crippen MR) is 194 cm³/mol. The summed E-state index contributed by atoms with van der Waals surface area (Å²) >= 11 is 0. The summed E-state index contributed by atoms with van der Waals surface area (Å²) in [5.74, 6) is -2.61. The lowest BCUT2D eigenvalue weighted by atomic mass is 10.1. The average Bonchev–Trinajstić information content (AvgIpc) is 2.92. The number of carbonyl (C=O) groups is 5. The Morgan fingerprint density at radius 1 is 0.529 bits per heavy atom. The van der Waals surface area contributed by atoms with Gasteiger partial charge in [0.15, 0.2) is 0 Å². The Morgan fingerprint density at radius 3 is 1.27 bits per heavy atom. The van der Waals surface area contributed by atoms with E-state index in [1.165, 1.54) is 15.9 Å². The van der Waals surface area contributed by atoms with E-state index in [4.69, 9.17) is 23.7 Å². The zero-order valence-corrected chi connectivity index (χ0v) is 32.1. The van der Waals surface area contributed by atoms with Crippen molar-refractivity contribution < 1.29 is 47.7 Å². The van der Waals surface area contributed by atoms with Crippen LogP contribution in [0.15, 0.2) is 48.5 Å². The zero-order valence-electron chi connectivity index (χ0n) is 32.1. The Hall–Kier alpha value is -4.81. The Morgan fingerprint density at radius 2 is 0.902 bits per heavy atom. The summed E-state index contributed by atoms with van der Waals surface area (Å²) in [6.45, 7) is 18.9. The number of benzene rings is 2. The highest BCUT2D eigenvalue weighted by Crippen LogP contribution is 2.34. The van der Waals surface area contributed by atoms with E-state index in [1.807, 2.05) is 30.3 Å². The van der Waals surface area contributed by atoms with Crippen molar-refractivity contribution in [3.63, 3.8) is 0 Å². The largest absolute Gasteiger partial charge is 0.459 e. The number of rotatable bonds is 13. The number of nitrogens with zero attached hydrogens (tertiary/aromatic N) is 2. The number of esters is 4. The second-order valence-corrected chi connectivity index (χ2v) is 15.9. The number of hydrogen-bond donors (Lipinski definition) is 1. The molecule has 0 radical (unpaired) electrons. The van der Waals surface area contributed by atoms with Crippen molar-refractivity contribution in [1.29, 1.82) is 0 Å². The van der Waals surface area contributed by atoms with Crippen LogP contribution in [-0.4, -0.2) is 78.6 Å². The van der Waals surface area contributed by atoms with Crippen LogP contribution in [0.5, 0.6) is 0 Å². The minimum absolute atomic E-state index is 0.0145. The van der Waals surface area contributed by atoms with Crippen LogP contribution in [0.3, 0.4) is 0 Å². The molecule has 0 aromatic heterocycles. The molecule has 0 aliphatic heterocycles. The first kappa shape index (κ1) is 42.4. The minimum atomic E-state index is -0.844. The summed E-state index contributed by atoms with van der Waals surface area (Å²) in [6.07, 6.45) is -0.761. The standard InChI is InChI=1S/C38H55N3O10/c1-35(2,3)48-30(42)21-40(22-31(43)49-36(4,5)6)28-19-18-27(39-34(46)47-25-26-16-14-13-15-17-26)20-29(28)41(23-32(44)50-37(7,8)9)24-33(45)51-38(10,11)12/h13-20H,21-25H2,1-12H3,(H,39,46). The fourth-order valence-corrected chi connectivity index (χ4v) is 4.57. The molecule has 13 heteroatoms. The van der Waals surface area contributed by atoms with Crippen molar-refractivity contribution in [3.05, 3.63) is 54.1 Å². The van der Waals surface area contributed by atoms with Crippen LogP contribution < -0.4 is 15.1 Å². The third kappa shape index (κ3) is 17.6. The van der Waals surface area contributed by atoms with Crippen molar-refractivity contribution in [1.82, 2.24) is 0 Å². The summed E-state index contributed by atoms with van der Waals surface area (Å²) in [5, 5.41) is 2.68. The molecule has 0 bridgehead atoms. The summed E-state index contributed by atoms with van der Waals surface area (Å²) in [5.41, 5.74) is -1.88. The van der Waals surface area contributed by atoms with E-state index in [1.54, 1.807) is 95.2 Å². The zero-order chi connectivity index (χ0) is 38.8. The van der Waals surface area contributed by atoms with Gasteiger partial charge in [-0.1, -0.05) is 30.3 Å². The molecule has 0 aliphatic carbocycles. The number of carbonyl (C=O) groups excluding carboxylic acids is 5. The first-order valence-electron chi connectivity index (χ1n) is 16.8. The van der Waals surface area contributed by atoms with Crippen LogP contribution in [0.4, 0.5) is 21.9 Å². The third-order valence-corrected chi connectivity index (χ3v) is 6.08. The van der Waals surface area contributed by atoms with Crippen LogP contribution in [0, 0.1) is 0 Å². The monoisotopic (exact) mass is 713 g/mol. The molecule has 0 heterocycles. The maximum atomic E-state index is 13.3. The molecule has 2 rings (SSSR count). The highest BCUT2D eigenvalue weighted by atomic mass is 16.6. The Bertz CT molecular complexity index is 1450. The fraction of sp³-hybridized carbons (Fsp3) is 0.553. The average molecular weight is 714 g/mol. The lowest BCUT2D eigenvalue weighted by molar-refractivity contribution is -0.156. The molecule has 0 aliphatic rings. The second kappa shape index (κ2) is 17.4. The third-order valence-electron chi connectivity index (χ3n) is 6.08. The van der Waals surface area contributed by atoms with Crippen LogP contribution in [0.25, 0.3) is 0 Å². The van der Waals surface area contributed by atoms with E-state index >= 15 is 0 Å². The van der Waals surface area contributed by atoms with Gasteiger partial charge >= 0.3 is 30.0 Å². The summed E-state index contributed by atoms with van der Waals surface area (Å²) in [4.78, 5) is 68.7. The molecule has 51 heavy (non-hydrogen) atoms. The van der Waals surface area contributed by atoms with E-state index in [2.05, 4.69) is 5.32 Å². The van der Waals surface area contributed by atoms with Crippen molar-refractivity contribution in [2.45, 2.75) is 112 Å². The van der Waals surface area contributed by atoms with Gasteiger partial charge in [0.1, 0.15) is 55.2 Å². The van der Waals surface area contributed by atoms with Crippen LogP contribution in [-0.2, 0) is 49.5 Å². The maximum absolute atomic E-state index is 13.3. The molecule has 2 aromatic rings. The van der Waals surface area contributed by atoms with Gasteiger partial charge in [-0.25, -0.2) is 4.79 Å². The summed E-state index contributed by atoms with van der Waals surface area (Å²) < 4.78 is 27.8. The Kier molecular flexibility index (Phi) is 14.5. The lowest BCUT2D eigenvalue weighted by Gasteiger charge is -2.33. The van der Waals surface area contributed by atoms with E-state index in [9.17, 15) is 24.0 Å². The Labute approximate surface area is 301 Å². The van der Waals surface area contributed by atoms with Gasteiger partial charge in [-0.2, -0.15) is 0 Å². The fourth-order valence-electron chi connectivity index (χ4n) is 4.57. The number of nitrogens with one attached hydrogen (secondary N) is 1. The molecular weight excluding hydrogens is 658 g/mol. The Balaban J connectivity index is 2.70. The molecular formula is C38H55N3O10. The topological polar surface area (TPSA) is 150 Å². The van der Waals surface area contributed by atoms with E-state index in [0.717, 1.165) is 5.56 Å². The number of hydrogen-bond acceptors (Lipinski definition) is 12. The molecule has 0 spiro atoms. The number of amides is 1. The first-order chi connectivity index (χ1) is 23.3. The van der Waals surface area contributed by atoms with Gasteiger partial charge in [0.2, 0.25) is 0 Å². The smallest absolute Gasteiger partial charge is 0.411 e. The van der Waals surface area contributed by atoms with E-state index < -0.39 is 78.6 Å². The molecule has 0 fully saturated rings. The van der Waals surface area contributed by atoms with Gasteiger partial charge in [0.25, 0.3) is 0 Å². The van der Waals surface area contributed by atoms with Gasteiger partial charge in [0, 0.05) is 5.69 Å². The molecule has 1 amide bonds. The van der Waals surface area contributed by atoms with Crippen molar-refractivity contribution in [2.24, 2.45) is 0 Å². The van der Waals surface area contributed by atoms with Gasteiger partial charge in [-0.05, 0) is 107 Å². The molecule has 282 valence electrons. The van der Waals surface area contributed by atoms with Crippen LogP contribution in [0.1, 0.15) is 88.6 Å². The van der Waals surface area contributed by atoms with Gasteiger partial charge in [-0.15, -0.1) is 0 Å². The predicted octanol–water partition coefficient (Wildman–Crippen LogP) is 6.41. The number of anilines is 3. The van der Waals surface area contributed by atoms with E-state index in [-0.39, 0.29) is 23.7 Å². The van der Waals surface area contributed by atoms with Crippen molar-refractivity contribution in [2.75, 3.05) is 41.3 Å².